The summed E-state index contributed by atoms with van der Waals surface area (Å²) in [5.74, 6) is 0.0578. The van der Waals surface area contributed by atoms with Gasteiger partial charge in [-0.2, -0.15) is 0 Å². The number of thiol groups is 1. The average molecular weight is 493 g/mol. The Kier molecular flexibility index (Phi) is 6.44. The number of aliphatic hydroxyl groups is 1. The monoisotopic (exact) mass is 492 g/mol. The minimum atomic E-state index is -1.07. The van der Waals surface area contributed by atoms with Crippen molar-refractivity contribution in [3.05, 3.63) is 47.2 Å². The summed E-state index contributed by atoms with van der Waals surface area (Å²) in [4.78, 5) is 26.0. The molecule has 0 saturated heterocycles. The van der Waals surface area contributed by atoms with Gasteiger partial charge in [-0.1, -0.05) is 6.07 Å². The summed E-state index contributed by atoms with van der Waals surface area (Å²) < 4.78 is 0. The molecule has 1 aromatic rings. The van der Waals surface area contributed by atoms with Gasteiger partial charge in [-0.3, -0.25) is 9.79 Å². The molecule has 3 fully saturated rings. The molecule has 0 bridgehead atoms. The molecule has 0 radical (unpaired) electrons. The number of rotatable bonds is 6. The van der Waals surface area contributed by atoms with E-state index >= 15 is 0 Å². The quantitative estimate of drug-likeness (QED) is 0.330. The maximum atomic E-state index is 11.2. The fourth-order valence-electron chi connectivity index (χ4n) is 4.81. The highest BCUT2D eigenvalue weighted by Gasteiger charge is 2.38. The molecule has 1 atom stereocenters. The van der Waals surface area contributed by atoms with E-state index < -0.39 is 11.6 Å². The van der Waals surface area contributed by atoms with Crippen LogP contribution in [0.15, 0.2) is 51.0 Å². The molecule has 5 rings (SSSR count). The fraction of sp³-hybridized carbons (Fsp3) is 0.481. The number of benzene rings is 1. The first-order chi connectivity index (χ1) is 16.7. The van der Waals surface area contributed by atoms with Gasteiger partial charge in [-0.05, 0) is 93.7 Å². The normalized spacial score (nSPS) is 28.9. The summed E-state index contributed by atoms with van der Waals surface area (Å²) in [5.41, 5.74) is 4.91. The number of carbonyl (C=O) groups is 1. The number of aryl methyl sites for hydroxylation is 1. The third-order valence-electron chi connectivity index (χ3n) is 7.38. The lowest BCUT2D eigenvalue weighted by molar-refractivity contribution is -0.143. The fourth-order valence-corrected chi connectivity index (χ4v) is 4.99. The highest BCUT2D eigenvalue weighted by Crippen LogP contribution is 2.39. The minimum absolute atomic E-state index is 0.260. The van der Waals surface area contributed by atoms with Gasteiger partial charge in [0.15, 0.2) is 0 Å². The molecule has 1 aromatic carbocycles. The number of nitrogens with one attached hydrogen (secondary N) is 1. The Bertz CT molecular complexity index is 1200. The van der Waals surface area contributed by atoms with Crippen LogP contribution in [-0.4, -0.2) is 45.2 Å². The Morgan fingerprint density at radius 3 is 2.66 bits per heavy atom. The first-order valence-electron chi connectivity index (χ1n) is 12.4. The Labute approximate surface area is 211 Å². The lowest BCUT2D eigenvalue weighted by atomic mass is 9.76. The highest BCUT2D eigenvalue weighted by atomic mass is 32.1. The molecule has 4 aliphatic rings. The summed E-state index contributed by atoms with van der Waals surface area (Å²) in [7, 11) is 0. The zero-order valence-corrected chi connectivity index (χ0v) is 21.1. The van der Waals surface area contributed by atoms with Gasteiger partial charge in [0.25, 0.3) is 0 Å². The molecule has 1 heterocycles. The molecule has 0 spiro atoms. The summed E-state index contributed by atoms with van der Waals surface area (Å²) >= 11 is 4.68. The zero-order valence-electron chi connectivity index (χ0n) is 20.2. The van der Waals surface area contributed by atoms with Crippen molar-refractivity contribution in [1.29, 1.82) is 0 Å². The number of carboxylic acid groups (broad SMARTS) is 1. The van der Waals surface area contributed by atoms with Crippen LogP contribution < -0.4 is 5.32 Å². The molecule has 8 heteroatoms. The van der Waals surface area contributed by atoms with Crippen molar-refractivity contribution in [1.82, 2.24) is 0 Å². The van der Waals surface area contributed by atoms with Crippen LogP contribution in [0.5, 0.6) is 0 Å². The van der Waals surface area contributed by atoms with Crippen molar-refractivity contribution in [2.24, 2.45) is 26.8 Å². The standard InChI is InChI=1S/C27H32N4O3S/c1-15-9-20(24(35)14-28-16(2)27(34)7-5-18(6-8-27)25(32)33)11-21(10-15)29-26-30-22(17-3-4-17)12-19-13-23(19)31-26/h9-12,14,17-18,23,34-35H,3-8,13H2,1-2H3,(H,29,31)(H,32,33)/b24-14-,28-16?. The summed E-state index contributed by atoms with van der Waals surface area (Å²) in [6.45, 7) is 3.82. The van der Waals surface area contributed by atoms with Gasteiger partial charge >= 0.3 is 5.97 Å². The number of anilines is 1. The van der Waals surface area contributed by atoms with Gasteiger partial charge in [-0.25, -0.2) is 9.98 Å². The number of allylic oxidation sites excluding steroid dienone is 1. The van der Waals surface area contributed by atoms with Crippen molar-refractivity contribution in [2.45, 2.75) is 70.4 Å². The van der Waals surface area contributed by atoms with Crippen LogP contribution in [0, 0.1) is 18.8 Å². The zero-order chi connectivity index (χ0) is 24.7. The third kappa shape index (κ3) is 5.59. The molecule has 35 heavy (non-hydrogen) atoms. The molecule has 184 valence electrons. The molecule has 3 aliphatic carbocycles. The number of hydrogen-bond acceptors (Lipinski definition) is 7. The molecule has 0 amide bonds. The van der Waals surface area contributed by atoms with Gasteiger partial charge in [0, 0.05) is 34.1 Å². The Morgan fingerprint density at radius 1 is 1.23 bits per heavy atom. The number of fused-ring (bicyclic) bond motifs is 1. The lowest BCUT2D eigenvalue weighted by Crippen LogP contribution is -2.42. The second-order valence-corrected chi connectivity index (χ2v) is 10.8. The van der Waals surface area contributed by atoms with Crippen molar-refractivity contribution in [3.8, 4) is 0 Å². The number of aliphatic carboxylic acids is 1. The van der Waals surface area contributed by atoms with Crippen LogP contribution in [0.25, 0.3) is 4.91 Å². The van der Waals surface area contributed by atoms with Crippen molar-refractivity contribution < 1.29 is 15.0 Å². The van der Waals surface area contributed by atoms with Crippen LogP contribution in [0.1, 0.15) is 63.0 Å². The van der Waals surface area contributed by atoms with Crippen molar-refractivity contribution in [3.63, 3.8) is 0 Å². The molecule has 3 N–H and O–H groups in total. The Morgan fingerprint density at radius 2 is 1.97 bits per heavy atom. The van der Waals surface area contributed by atoms with Gasteiger partial charge < -0.3 is 15.5 Å². The molecule has 0 aromatic heterocycles. The van der Waals surface area contributed by atoms with Gasteiger partial charge in [-0.15, -0.1) is 12.6 Å². The van der Waals surface area contributed by atoms with E-state index in [4.69, 9.17) is 9.98 Å². The maximum Gasteiger partial charge on any atom is 0.306 e. The summed E-state index contributed by atoms with van der Waals surface area (Å²) in [6.07, 6.45) is 9.04. The molecule has 7 nitrogen and oxygen atoms in total. The predicted molar refractivity (Wildman–Crippen MR) is 143 cm³/mol. The topological polar surface area (TPSA) is 107 Å². The second-order valence-electron chi connectivity index (χ2n) is 10.3. The summed E-state index contributed by atoms with van der Waals surface area (Å²) in [5, 5.41) is 23.6. The van der Waals surface area contributed by atoms with E-state index in [2.05, 4.69) is 35.1 Å². The number of carboxylic acids is 1. The van der Waals surface area contributed by atoms with Crippen molar-refractivity contribution in [2.75, 3.05) is 5.32 Å². The number of aliphatic imine (C=N–C) groups is 3. The molecule has 3 saturated carbocycles. The van der Waals surface area contributed by atoms with Crippen LogP contribution >= 0.6 is 12.6 Å². The van der Waals surface area contributed by atoms with Crippen molar-refractivity contribution >= 4 is 46.6 Å². The van der Waals surface area contributed by atoms with Gasteiger partial charge in [0.05, 0.1) is 12.0 Å². The number of nitrogens with zero attached hydrogens (tertiary/aromatic N) is 3. The average Bonchev–Trinajstić information content (AvgIpc) is 3.71. The van der Waals surface area contributed by atoms with E-state index in [-0.39, 0.29) is 12.0 Å². The number of hydrogen-bond donors (Lipinski definition) is 4. The second kappa shape index (κ2) is 9.39. The number of guanidine groups is 1. The van der Waals surface area contributed by atoms with E-state index in [0.717, 1.165) is 28.9 Å². The van der Waals surface area contributed by atoms with E-state index in [1.807, 2.05) is 19.1 Å². The third-order valence-corrected chi connectivity index (χ3v) is 7.76. The van der Waals surface area contributed by atoms with Crippen LogP contribution in [0.2, 0.25) is 0 Å². The van der Waals surface area contributed by atoms with Crippen LogP contribution in [0.3, 0.4) is 0 Å². The summed E-state index contributed by atoms with van der Waals surface area (Å²) in [6, 6.07) is 6.36. The lowest BCUT2D eigenvalue weighted by Gasteiger charge is -2.34. The Hall–Kier alpha value is -2.71. The van der Waals surface area contributed by atoms with Gasteiger partial charge in [0.1, 0.15) is 5.60 Å². The van der Waals surface area contributed by atoms with E-state index in [1.54, 1.807) is 13.1 Å². The molecule has 1 aliphatic heterocycles. The molecule has 1 unspecified atom stereocenters. The smallest absolute Gasteiger partial charge is 0.306 e. The molecular weight excluding hydrogens is 460 g/mol. The van der Waals surface area contributed by atoms with E-state index in [1.165, 1.54) is 18.4 Å². The first kappa shape index (κ1) is 24.0. The largest absolute Gasteiger partial charge is 0.481 e. The maximum absolute atomic E-state index is 11.2. The highest BCUT2D eigenvalue weighted by molar-refractivity contribution is 7.90. The predicted octanol–water partition coefficient (Wildman–Crippen LogP) is 5.02. The van der Waals surface area contributed by atoms with E-state index in [0.29, 0.717) is 48.2 Å². The Balaban J connectivity index is 1.31. The minimum Gasteiger partial charge on any atom is -0.481 e. The van der Waals surface area contributed by atoms with E-state index in [9.17, 15) is 15.0 Å². The van der Waals surface area contributed by atoms with Crippen LogP contribution in [0.4, 0.5) is 5.69 Å². The van der Waals surface area contributed by atoms with Crippen LogP contribution in [-0.2, 0) is 4.79 Å². The SMILES string of the molecule is CC(=N/C=C(\S)c1cc(C)cc(NC2=NC3CC3=CC(C3CC3)=N2)c1)C1(O)CCC(C(=O)O)CC1. The molecular formula is C27H32N4O3S. The van der Waals surface area contributed by atoms with Gasteiger partial charge in [0.2, 0.25) is 5.96 Å². The first-order valence-corrected chi connectivity index (χ1v) is 12.8.